The average molecular weight is 281 g/mol. The molecule has 0 radical (unpaired) electrons. The van der Waals surface area contributed by atoms with Gasteiger partial charge in [-0.1, -0.05) is 23.7 Å². The fourth-order valence-electron chi connectivity index (χ4n) is 1.73. The van der Waals surface area contributed by atoms with Crippen molar-refractivity contribution in [1.82, 2.24) is 10.3 Å². The molecule has 0 bridgehead atoms. The Labute approximate surface area is 116 Å². The number of hydrogen-bond acceptors (Lipinski definition) is 3. The van der Waals surface area contributed by atoms with Crippen LogP contribution in [-0.2, 0) is 13.1 Å². The summed E-state index contributed by atoms with van der Waals surface area (Å²) in [6.07, 6.45) is 1.68. The molecule has 5 heteroatoms. The maximum absolute atomic E-state index is 13.0. The molecule has 1 N–H and O–H groups in total. The van der Waals surface area contributed by atoms with Crippen LogP contribution < -0.4 is 10.1 Å². The van der Waals surface area contributed by atoms with E-state index in [-0.39, 0.29) is 5.02 Å². The van der Waals surface area contributed by atoms with Gasteiger partial charge in [0.25, 0.3) is 0 Å². The van der Waals surface area contributed by atoms with Gasteiger partial charge in [-0.25, -0.2) is 9.37 Å². The highest BCUT2D eigenvalue weighted by atomic mass is 35.5. The van der Waals surface area contributed by atoms with E-state index in [1.54, 1.807) is 25.4 Å². The zero-order valence-electron chi connectivity index (χ0n) is 10.5. The lowest BCUT2D eigenvalue weighted by Crippen LogP contribution is -2.13. The van der Waals surface area contributed by atoms with E-state index in [1.807, 2.05) is 12.1 Å². The Bertz CT molecular complexity index is 563. The van der Waals surface area contributed by atoms with Crippen molar-refractivity contribution in [2.45, 2.75) is 13.1 Å². The van der Waals surface area contributed by atoms with Crippen LogP contribution in [0.5, 0.6) is 5.88 Å². The molecule has 0 amide bonds. The smallest absolute Gasteiger partial charge is 0.217 e. The number of nitrogens with zero attached hydrogens (tertiary/aromatic N) is 1. The number of ether oxygens (including phenoxy) is 1. The summed E-state index contributed by atoms with van der Waals surface area (Å²) in [7, 11) is 1.59. The predicted octanol–water partition coefficient (Wildman–Crippen LogP) is 3.17. The monoisotopic (exact) mass is 280 g/mol. The summed E-state index contributed by atoms with van der Waals surface area (Å²) in [6, 6.07) is 8.48. The molecule has 0 unspecified atom stereocenters. The molecule has 1 aromatic heterocycles. The normalized spacial score (nSPS) is 10.5. The Balaban J connectivity index is 1.94. The topological polar surface area (TPSA) is 34.1 Å². The lowest BCUT2D eigenvalue weighted by atomic mass is 10.2. The number of rotatable bonds is 5. The molecule has 0 atom stereocenters. The first-order chi connectivity index (χ1) is 9.20. The van der Waals surface area contributed by atoms with Crippen LogP contribution in [0.2, 0.25) is 5.02 Å². The predicted molar refractivity (Wildman–Crippen MR) is 72.7 cm³/mol. The highest BCUT2D eigenvalue weighted by molar-refractivity contribution is 6.30. The number of pyridine rings is 1. The van der Waals surface area contributed by atoms with Gasteiger partial charge in [0.05, 0.1) is 12.1 Å². The van der Waals surface area contributed by atoms with Gasteiger partial charge in [-0.2, -0.15) is 0 Å². The molecule has 3 nitrogen and oxygen atoms in total. The Morgan fingerprint density at radius 3 is 2.89 bits per heavy atom. The Kier molecular flexibility index (Phi) is 4.71. The Morgan fingerprint density at radius 2 is 2.16 bits per heavy atom. The van der Waals surface area contributed by atoms with Gasteiger partial charge in [-0.15, -0.1) is 0 Å². The van der Waals surface area contributed by atoms with Crippen LogP contribution in [0.1, 0.15) is 11.1 Å². The first kappa shape index (κ1) is 13.8. The van der Waals surface area contributed by atoms with Crippen molar-refractivity contribution in [3.8, 4) is 5.88 Å². The molecular formula is C14H14ClFN2O. The molecule has 0 saturated carbocycles. The Morgan fingerprint density at radius 1 is 1.32 bits per heavy atom. The number of nitrogens with one attached hydrogen (secondary N) is 1. The van der Waals surface area contributed by atoms with Crippen molar-refractivity contribution < 1.29 is 9.13 Å². The fourth-order valence-corrected chi connectivity index (χ4v) is 1.94. The third-order valence-corrected chi connectivity index (χ3v) is 2.96. The van der Waals surface area contributed by atoms with Crippen LogP contribution >= 0.6 is 11.6 Å². The molecule has 0 saturated heterocycles. The lowest BCUT2D eigenvalue weighted by molar-refractivity contribution is 0.390. The van der Waals surface area contributed by atoms with Crippen molar-refractivity contribution >= 4 is 11.6 Å². The molecule has 100 valence electrons. The third kappa shape index (κ3) is 3.66. The first-order valence-corrected chi connectivity index (χ1v) is 6.21. The third-order valence-electron chi connectivity index (χ3n) is 2.67. The summed E-state index contributed by atoms with van der Waals surface area (Å²) >= 11 is 5.72. The molecule has 2 rings (SSSR count). The van der Waals surface area contributed by atoms with Crippen molar-refractivity contribution in [3.63, 3.8) is 0 Å². The molecule has 1 aromatic carbocycles. The van der Waals surface area contributed by atoms with Crippen LogP contribution in [0.25, 0.3) is 0 Å². The van der Waals surface area contributed by atoms with Crippen molar-refractivity contribution in [1.29, 1.82) is 0 Å². The first-order valence-electron chi connectivity index (χ1n) is 5.83. The van der Waals surface area contributed by atoms with Gasteiger partial charge in [-0.05, 0) is 23.8 Å². The second-order valence-electron chi connectivity index (χ2n) is 4.02. The summed E-state index contributed by atoms with van der Waals surface area (Å²) in [5, 5.41) is 3.38. The van der Waals surface area contributed by atoms with E-state index in [1.165, 1.54) is 6.07 Å². The van der Waals surface area contributed by atoms with E-state index in [0.717, 1.165) is 11.1 Å². The number of hydrogen-bond donors (Lipinski definition) is 1. The van der Waals surface area contributed by atoms with Crippen LogP contribution in [0.4, 0.5) is 4.39 Å². The molecule has 19 heavy (non-hydrogen) atoms. The number of aromatic nitrogens is 1. The molecular weight excluding hydrogens is 267 g/mol. The molecule has 0 aliphatic heterocycles. The van der Waals surface area contributed by atoms with E-state index in [9.17, 15) is 4.39 Å². The zero-order valence-corrected chi connectivity index (χ0v) is 11.2. The van der Waals surface area contributed by atoms with Gasteiger partial charge in [0.15, 0.2) is 0 Å². The SMILES string of the molecule is COc1ncccc1CNCc1ccc(F)c(Cl)c1. The largest absolute Gasteiger partial charge is 0.481 e. The number of benzene rings is 1. The van der Waals surface area contributed by atoms with Crippen molar-refractivity contribution in [2.24, 2.45) is 0 Å². The maximum Gasteiger partial charge on any atom is 0.217 e. The summed E-state index contributed by atoms with van der Waals surface area (Å²) < 4.78 is 18.2. The Hall–Kier alpha value is -1.65. The number of halogens is 2. The number of methoxy groups -OCH3 is 1. The quantitative estimate of drug-likeness (QED) is 0.913. The van der Waals surface area contributed by atoms with Crippen LogP contribution in [0.15, 0.2) is 36.5 Å². The van der Waals surface area contributed by atoms with Gasteiger partial charge in [0.2, 0.25) is 5.88 Å². The van der Waals surface area contributed by atoms with E-state index in [0.29, 0.717) is 19.0 Å². The standard InChI is InChI=1S/C14H14ClFN2O/c1-19-14-11(3-2-6-18-14)9-17-8-10-4-5-13(16)12(15)7-10/h2-7,17H,8-9H2,1H3. The van der Waals surface area contributed by atoms with E-state index >= 15 is 0 Å². The van der Waals surface area contributed by atoms with Gasteiger partial charge >= 0.3 is 0 Å². The van der Waals surface area contributed by atoms with Gasteiger partial charge < -0.3 is 10.1 Å². The fraction of sp³-hybridized carbons (Fsp3) is 0.214. The molecule has 0 fully saturated rings. The minimum atomic E-state index is -0.403. The lowest BCUT2D eigenvalue weighted by Gasteiger charge is -2.08. The maximum atomic E-state index is 13.0. The minimum absolute atomic E-state index is 0.137. The van der Waals surface area contributed by atoms with Crippen LogP contribution in [0.3, 0.4) is 0 Å². The minimum Gasteiger partial charge on any atom is -0.481 e. The van der Waals surface area contributed by atoms with Crippen LogP contribution in [0, 0.1) is 5.82 Å². The van der Waals surface area contributed by atoms with E-state index in [4.69, 9.17) is 16.3 Å². The summed E-state index contributed by atoms with van der Waals surface area (Å²) in [5.74, 6) is 0.200. The van der Waals surface area contributed by atoms with Gasteiger partial charge in [0, 0.05) is 24.8 Å². The van der Waals surface area contributed by atoms with Crippen molar-refractivity contribution in [2.75, 3.05) is 7.11 Å². The highest BCUT2D eigenvalue weighted by Gasteiger charge is 2.04. The summed E-state index contributed by atoms with van der Waals surface area (Å²) in [5.41, 5.74) is 1.90. The van der Waals surface area contributed by atoms with Gasteiger partial charge in [-0.3, -0.25) is 0 Å². The molecule has 0 aliphatic rings. The second-order valence-corrected chi connectivity index (χ2v) is 4.43. The van der Waals surface area contributed by atoms with Crippen LogP contribution in [-0.4, -0.2) is 12.1 Å². The van der Waals surface area contributed by atoms with Crippen molar-refractivity contribution in [3.05, 3.63) is 58.5 Å². The summed E-state index contributed by atoms with van der Waals surface area (Å²) in [6.45, 7) is 1.21. The highest BCUT2D eigenvalue weighted by Crippen LogP contribution is 2.16. The second kappa shape index (κ2) is 6.50. The zero-order chi connectivity index (χ0) is 13.7. The molecule has 1 heterocycles. The average Bonchev–Trinajstić information content (AvgIpc) is 2.43. The summed E-state index contributed by atoms with van der Waals surface area (Å²) in [4.78, 5) is 4.12. The molecule has 0 aliphatic carbocycles. The molecule has 0 spiro atoms. The van der Waals surface area contributed by atoms with Gasteiger partial charge in [0.1, 0.15) is 5.82 Å². The van der Waals surface area contributed by atoms with E-state index in [2.05, 4.69) is 10.3 Å². The molecule has 2 aromatic rings. The van der Waals surface area contributed by atoms with E-state index < -0.39 is 5.82 Å².